The number of rotatable bonds is 6. The molecule has 0 saturated carbocycles. The molecule has 0 unspecified atom stereocenters. The number of aromatic nitrogens is 1. The zero-order valence-corrected chi connectivity index (χ0v) is 17.3. The molecule has 0 spiro atoms. The second-order valence-electron chi connectivity index (χ2n) is 6.31. The molecular formula is C19H26FIN4. The van der Waals surface area contributed by atoms with E-state index >= 15 is 0 Å². The van der Waals surface area contributed by atoms with Gasteiger partial charge in [0.05, 0.1) is 0 Å². The van der Waals surface area contributed by atoms with Gasteiger partial charge in [0.25, 0.3) is 0 Å². The van der Waals surface area contributed by atoms with E-state index < -0.39 is 0 Å². The highest BCUT2D eigenvalue weighted by Crippen LogP contribution is 2.22. The molecule has 0 amide bonds. The molecule has 1 aromatic carbocycles. The van der Waals surface area contributed by atoms with Crippen molar-refractivity contribution in [3.8, 4) is 0 Å². The Morgan fingerprint density at radius 3 is 2.44 bits per heavy atom. The molecule has 0 aliphatic heterocycles. The summed E-state index contributed by atoms with van der Waals surface area (Å²) in [5.74, 6) is 0.538. The number of pyridine rings is 1. The van der Waals surface area contributed by atoms with Gasteiger partial charge in [-0.25, -0.2) is 4.39 Å². The van der Waals surface area contributed by atoms with Gasteiger partial charge in [0.1, 0.15) is 5.82 Å². The highest BCUT2D eigenvalue weighted by atomic mass is 127. The van der Waals surface area contributed by atoms with Gasteiger partial charge in [-0.05, 0) is 29.8 Å². The summed E-state index contributed by atoms with van der Waals surface area (Å²) in [6, 6.07) is 12.6. The zero-order chi connectivity index (χ0) is 17.4. The molecule has 136 valence electrons. The average Bonchev–Trinajstić information content (AvgIpc) is 2.59. The van der Waals surface area contributed by atoms with E-state index in [2.05, 4.69) is 34.5 Å². The van der Waals surface area contributed by atoms with Crippen molar-refractivity contribution in [1.82, 2.24) is 15.6 Å². The number of hydrogen-bond donors (Lipinski definition) is 2. The lowest BCUT2D eigenvalue weighted by Crippen LogP contribution is -2.44. The Labute approximate surface area is 166 Å². The highest BCUT2D eigenvalue weighted by molar-refractivity contribution is 14.0. The highest BCUT2D eigenvalue weighted by Gasteiger charge is 2.20. The Morgan fingerprint density at radius 1 is 1.12 bits per heavy atom. The molecule has 6 heteroatoms. The Morgan fingerprint density at radius 2 is 1.84 bits per heavy atom. The molecular weight excluding hydrogens is 430 g/mol. The van der Waals surface area contributed by atoms with Gasteiger partial charge in [-0.15, -0.1) is 24.0 Å². The fourth-order valence-electron chi connectivity index (χ4n) is 2.38. The second-order valence-corrected chi connectivity index (χ2v) is 6.31. The Kier molecular flexibility index (Phi) is 8.82. The maximum Gasteiger partial charge on any atom is 0.191 e. The van der Waals surface area contributed by atoms with Crippen LogP contribution in [0, 0.1) is 5.82 Å². The van der Waals surface area contributed by atoms with Gasteiger partial charge in [-0.3, -0.25) is 9.98 Å². The molecule has 0 aliphatic carbocycles. The fourth-order valence-corrected chi connectivity index (χ4v) is 2.38. The minimum atomic E-state index is -0.213. The Balaban J connectivity index is 0.00000312. The van der Waals surface area contributed by atoms with Crippen LogP contribution >= 0.6 is 24.0 Å². The molecule has 0 saturated heterocycles. The van der Waals surface area contributed by atoms with Crippen LogP contribution < -0.4 is 10.6 Å². The number of nitrogens with one attached hydrogen (secondary N) is 2. The van der Waals surface area contributed by atoms with Crippen molar-refractivity contribution in [2.75, 3.05) is 20.1 Å². The number of hydrogen-bond acceptors (Lipinski definition) is 2. The van der Waals surface area contributed by atoms with Crippen molar-refractivity contribution in [3.63, 3.8) is 0 Å². The van der Waals surface area contributed by atoms with Gasteiger partial charge >= 0.3 is 0 Å². The first kappa shape index (κ1) is 21.3. The largest absolute Gasteiger partial charge is 0.356 e. The summed E-state index contributed by atoms with van der Waals surface area (Å²) < 4.78 is 13.1. The van der Waals surface area contributed by atoms with Gasteiger partial charge < -0.3 is 10.6 Å². The van der Waals surface area contributed by atoms with Crippen molar-refractivity contribution in [1.29, 1.82) is 0 Å². The summed E-state index contributed by atoms with van der Waals surface area (Å²) in [5, 5.41) is 6.62. The quantitative estimate of drug-likeness (QED) is 0.398. The van der Waals surface area contributed by atoms with E-state index in [4.69, 9.17) is 0 Å². The van der Waals surface area contributed by atoms with Crippen LogP contribution in [0.3, 0.4) is 0 Å². The molecule has 1 aromatic heterocycles. The molecule has 4 nitrogen and oxygen atoms in total. The maximum absolute atomic E-state index is 13.1. The van der Waals surface area contributed by atoms with Crippen LogP contribution in [0.15, 0.2) is 53.7 Å². The first-order valence-electron chi connectivity index (χ1n) is 8.12. The van der Waals surface area contributed by atoms with Crippen LogP contribution in [0.2, 0.25) is 0 Å². The number of halogens is 2. The monoisotopic (exact) mass is 456 g/mol. The molecule has 0 atom stereocenters. The first-order valence-corrected chi connectivity index (χ1v) is 8.12. The fraction of sp³-hybridized carbons (Fsp3) is 0.368. The number of guanidine groups is 1. The number of benzene rings is 1. The lowest BCUT2D eigenvalue weighted by Gasteiger charge is -2.26. The molecule has 2 aromatic rings. The van der Waals surface area contributed by atoms with Gasteiger partial charge in [-0.2, -0.15) is 0 Å². The predicted octanol–water partition coefficient (Wildman–Crippen LogP) is 3.52. The summed E-state index contributed by atoms with van der Waals surface area (Å²) >= 11 is 0. The van der Waals surface area contributed by atoms with Crippen molar-refractivity contribution in [2.45, 2.75) is 25.7 Å². The molecule has 25 heavy (non-hydrogen) atoms. The molecule has 0 fully saturated rings. The van der Waals surface area contributed by atoms with Gasteiger partial charge in [0.15, 0.2) is 5.96 Å². The summed E-state index contributed by atoms with van der Waals surface area (Å²) in [7, 11) is 1.75. The summed E-state index contributed by atoms with van der Waals surface area (Å²) in [4.78, 5) is 8.55. The first-order chi connectivity index (χ1) is 11.5. The minimum absolute atomic E-state index is 0. The van der Waals surface area contributed by atoms with Crippen LogP contribution in [-0.2, 0) is 11.8 Å². The van der Waals surface area contributed by atoms with E-state index in [-0.39, 0.29) is 35.2 Å². The molecule has 0 aliphatic rings. The third-order valence-corrected chi connectivity index (χ3v) is 3.95. The smallest absolute Gasteiger partial charge is 0.191 e. The van der Waals surface area contributed by atoms with Crippen molar-refractivity contribution in [3.05, 3.63) is 65.7 Å². The average molecular weight is 456 g/mol. The van der Waals surface area contributed by atoms with E-state index in [0.29, 0.717) is 6.54 Å². The summed E-state index contributed by atoms with van der Waals surface area (Å²) in [5.41, 5.74) is 2.00. The Bertz CT molecular complexity index is 657. The number of nitrogens with zero attached hydrogens (tertiary/aromatic N) is 2. The van der Waals surface area contributed by atoms with E-state index in [1.165, 1.54) is 12.1 Å². The SMILES string of the molecule is CN=C(NCCc1ccccn1)NCC(C)(C)c1ccc(F)cc1.I. The van der Waals surface area contributed by atoms with Gasteiger partial charge in [-0.1, -0.05) is 32.0 Å². The van der Waals surface area contributed by atoms with E-state index in [9.17, 15) is 4.39 Å². The normalized spacial score (nSPS) is 11.6. The third-order valence-electron chi connectivity index (χ3n) is 3.95. The molecule has 2 N–H and O–H groups in total. The lowest BCUT2D eigenvalue weighted by molar-refractivity contribution is 0.507. The molecule has 1 heterocycles. The number of aliphatic imine (C=N–C) groups is 1. The van der Waals surface area contributed by atoms with E-state index in [0.717, 1.165) is 30.2 Å². The van der Waals surface area contributed by atoms with Crippen LogP contribution in [0.4, 0.5) is 4.39 Å². The molecule has 2 rings (SSSR count). The predicted molar refractivity (Wildman–Crippen MR) is 112 cm³/mol. The zero-order valence-electron chi connectivity index (χ0n) is 14.9. The topological polar surface area (TPSA) is 49.3 Å². The van der Waals surface area contributed by atoms with E-state index in [1.54, 1.807) is 13.2 Å². The molecule has 0 bridgehead atoms. The van der Waals surface area contributed by atoms with E-state index in [1.807, 2.05) is 30.3 Å². The van der Waals surface area contributed by atoms with Gasteiger partial charge in [0, 0.05) is 43.9 Å². The minimum Gasteiger partial charge on any atom is -0.356 e. The van der Waals surface area contributed by atoms with Crippen LogP contribution in [0.25, 0.3) is 0 Å². The van der Waals surface area contributed by atoms with Crippen LogP contribution in [-0.4, -0.2) is 31.1 Å². The van der Waals surface area contributed by atoms with Crippen molar-refractivity contribution in [2.24, 2.45) is 4.99 Å². The molecule has 0 radical (unpaired) electrons. The second kappa shape index (κ2) is 10.3. The summed E-state index contributed by atoms with van der Waals surface area (Å²) in [6.07, 6.45) is 2.64. The van der Waals surface area contributed by atoms with Gasteiger partial charge in [0.2, 0.25) is 0 Å². The van der Waals surface area contributed by atoms with Crippen molar-refractivity contribution >= 4 is 29.9 Å². The Hall–Kier alpha value is -1.70. The van der Waals surface area contributed by atoms with Crippen LogP contribution in [0.5, 0.6) is 0 Å². The van der Waals surface area contributed by atoms with Crippen LogP contribution in [0.1, 0.15) is 25.1 Å². The van der Waals surface area contributed by atoms with Crippen molar-refractivity contribution < 1.29 is 4.39 Å². The maximum atomic E-state index is 13.1. The summed E-state index contributed by atoms with van der Waals surface area (Å²) in [6.45, 7) is 5.69. The third kappa shape index (κ3) is 6.97. The lowest BCUT2D eigenvalue weighted by atomic mass is 9.84. The standard InChI is InChI=1S/C19H25FN4.HI/c1-19(2,15-7-9-16(20)10-8-15)14-24-18(21-3)23-13-11-17-6-4-5-12-22-17;/h4-10,12H,11,13-14H2,1-3H3,(H2,21,23,24);1H.